The van der Waals surface area contributed by atoms with Crippen LogP contribution in [0, 0.1) is 51.8 Å². The van der Waals surface area contributed by atoms with Crippen LogP contribution >= 0.6 is 0 Å². The predicted molar refractivity (Wildman–Crippen MR) is 149 cm³/mol. The van der Waals surface area contributed by atoms with Crippen molar-refractivity contribution in [1.82, 2.24) is 0 Å². The van der Waals surface area contributed by atoms with Gasteiger partial charge in [0.05, 0.1) is 25.4 Å². The molecule has 4 aliphatic carbocycles. The molecule has 3 aliphatic heterocycles. The van der Waals surface area contributed by atoms with E-state index in [0.717, 1.165) is 45.1 Å². The minimum atomic E-state index is -1.34. The quantitative estimate of drug-likeness (QED) is 0.425. The minimum absolute atomic E-state index is 0.0818. The van der Waals surface area contributed by atoms with Gasteiger partial charge in [0.2, 0.25) is 0 Å². The summed E-state index contributed by atoms with van der Waals surface area (Å²) in [5.74, 6) is 2.67. The third-order valence-electron chi connectivity index (χ3n) is 14.3. The second-order valence-corrected chi connectivity index (χ2v) is 16.1. The molecule has 0 aromatic carbocycles. The molecule has 3 saturated heterocycles. The normalized spacial score (nSPS) is 60.3. The van der Waals surface area contributed by atoms with Gasteiger partial charge in [0, 0.05) is 30.6 Å². The minimum Gasteiger partial charge on any atom is -0.388 e. The zero-order valence-corrected chi connectivity index (χ0v) is 25.6. The number of hydrogen-bond acceptors (Lipinski definition) is 8. The highest BCUT2D eigenvalue weighted by atomic mass is 16.7. The van der Waals surface area contributed by atoms with Gasteiger partial charge in [-0.3, -0.25) is 4.79 Å². The molecular formula is C33H52O8. The number of carbonyl (C=O) groups is 1. The number of aliphatic hydroxyl groups excluding tert-OH is 3. The first-order valence-corrected chi connectivity index (χ1v) is 16.5. The summed E-state index contributed by atoms with van der Waals surface area (Å²) < 4.78 is 25.9. The van der Waals surface area contributed by atoms with E-state index >= 15 is 0 Å². The molecule has 0 aromatic heterocycles. The van der Waals surface area contributed by atoms with Gasteiger partial charge in [-0.1, -0.05) is 34.6 Å². The summed E-state index contributed by atoms with van der Waals surface area (Å²) in [6.45, 7) is 12.5. The average Bonchev–Trinajstić information content (AvgIpc) is 3.37. The molecule has 0 amide bonds. The van der Waals surface area contributed by atoms with Crippen molar-refractivity contribution < 1.29 is 39.1 Å². The lowest BCUT2D eigenvalue weighted by Gasteiger charge is -2.66. The number of hydrogen-bond donors (Lipinski definition) is 3. The van der Waals surface area contributed by atoms with Gasteiger partial charge in [0.1, 0.15) is 24.1 Å². The third-order valence-corrected chi connectivity index (χ3v) is 14.3. The molecule has 7 fully saturated rings. The van der Waals surface area contributed by atoms with Crippen molar-refractivity contribution in [3.05, 3.63) is 0 Å². The summed E-state index contributed by atoms with van der Waals surface area (Å²) in [6, 6.07) is 0. The SMILES string of the molecule is CC1CCC2(OC1)OC1CC3C4CC(OC5OCC(O)C(O)C5O)C5(C)CC(=O)CCC5(C)C4CCC3(C)C1C2C. The van der Waals surface area contributed by atoms with Crippen LogP contribution in [0.1, 0.15) is 92.4 Å². The van der Waals surface area contributed by atoms with Crippen molar-refractivity contribution in [3.63, 3.8) is 0 Å². The molecule has 4 saturated carbocycles. The summed E-state index contributed by atoms with van der Waals surface area (Å²) in [7, 11) is 0. The van der Waals surface area contributed by atoms with E-state index in [1.54, 1.807) is 0 Å². The van der Waals surface area contributed by atoms with Crippen molar-refractivity contribution in [1.29, 1.82) is 0 Å². The van der Waals surface area contributed by atoms with Crippen molar-refractivity contribution in [2.24, 2.45) is 51.8 Å². The van der Waals surface area contributed by atoms with Crippen LogP contribution in [-0.4, -0.2) is 76.9 Å². The Hall–Kier alpha value is -0.610. The standard InChI is InChI=1S/C33H52O8/c1-17-6-11-33(39-15-17)18(2)26-24(41-33)13-22-20-12-25(40-29-28(37)27(36)23(35)16-38-29)32(5)14-19(34)7-10-31(32,4)21(20)8-9-30(22,26)3/h17-18,20-29,35-37H,6-16H2,1-5H3. The van der Waals surface area contributed by atoms with Crippen LogP contribution < -0.4 is 0 Å². The molecule has 232 valence electrons. The van der Waals surface area contributed by atoms with Crippen molar-refractivity contribution in [3.8, 4) is 0 Å². The van der Waals surface area contributed by atoms with Gasteiger partial charge in [-0.2, -0.15) is 0 Å². The molecule has 3 N–H and O–H groups in total. The van der Waals surface area contributed by atoms with Crippen LogP contribution in [0.5, 0.6) is 0 Å². The van der Waals surface area contributed by atoms with E-state index in [1.165, 1.54) is 6.42 Å². The van der Waals surface area contributed by atoms with E-state index < -0.39 is 35.8 Å². The van der Waals surface area contributed by atoms with Gasteiger partial charge < -0.3 is 34.3 Å². The molecule has 7 aliphatic rings. The van der Waals surface area contributed by atoms with Crippen LogP contribution in [0.4, 0.5) is 0 Å². The van der Waals surface area contributed by atoms with Gasteiger partial charge in [0.15, 0.2) is 12.1 Å². The fourth-order valence-electron chi connectivity index (χ4n) is 11.7. The number of Topliss-reactive ketones (excluding diaryl/α,β-unsaturated/α-hetero) is 1. The van der Waals surface area contributed by atoms with E-state index in [0.29, 0.717) is 48.3 Å². The predicted octanol–water partition coefficient (Wildman–Crippen LogP) is 3.83. The lowest BCUT2D eigenvalue weighted by Crippen LogP contribution is -2.65. The van der Waals surface area contributed by atoms with Crippen molar-refractivity contribution >= 4 is 5.78 Å². The molecule has 16 atom stereocenters. The molecule has 0 aromatic rings. The molecule has 1 spiro atoms. The monoisotopic (exact) mass is 576 g/mol. The highest BCUT2D eigenvalue weighted by Gasteiger charge is 2.71. The van der Waals surface area contributed by atoms with Gasteiger partial charge >= 0.3 is 0 Å². The Kier molecular flexibility index (Phi) is 6.88. The summed E-state index contributed by atoms with van der Waals surface area (Å²) >= 11 is 0. The number of carbonyl (C=O) groups excluding carboxylic acids is 1. The first-order valence-electron chi connectivity index (χ1n) is 16.5. The Morgan fingerprint density at radius 3 is 2.41 bits per heavy atom. The van der Waals surface area contributed by atoms with E-state index in [1.807, 2.05) is 0 Å². The Balaban J connectivity index is 1.19. The van der Waals surface area contributed by atoms with Gasteiger partial charge in [-0.25, -0.2) is 0 Å². The summed E-state index contributed by atoms with van der Waals surface area (Å²) in [6.07, 6.45) is 3.35. The van der Waals surface area contributed by atoms with Gasteiger partial charge in [-0.15, -0.1) is 0 Å². The van der Waals surface area contributed by atoms with Crippen molar-refractivity contribution in [2.45, 2.75) is 135 Å². The molecule has 0 radical (unpaired) electrons. The average molecular weight is 577 g/mol. The van der Waals surface area contributed by atoms with E-state index in [-0.39, 0.29) is 35.4 Å². The fraction of sp³-hybridized carbons (Fsp3) is 0.970. The van der Waals surface area contributed by atoms with Gasteiger partial charge in [-0.05, 0) is 78.9 Å². The smallest absolute Gasteiger partial charge is 0.186 e. The van der Waals surface area contributed by atoms with Crippen LogP contribution in [-0.2, 0) is 23.7 Å². The molecule has 0 bridgehead atoms. The van der Waals surface area contributed by atoms with E-state index in [2.05, 4.69) is 34.6 Å². The second-order valence-electron chi connectivity index (χ2n) is 16.1. The number of ether oxygens (including phenoxy) is 4. The summed E-state index contributed by atoms with van der Waals surface area (Å²) in [5.41, 5.74) is -0.320. The molecular weight excluding hydrogens is 524 g/mol. The number of rotatable bonds is 2. The highest BCUT2D eigenvalue weighted by Crippen LogP contribution is 2.73. The summed E-state index contributed by atoms with van der Waals surface area (Å²) in [5, 5.41) is 31.2. The van der Waals surface area contributed by atoms with Gasteiger partial charge in [0.25, 0.3) is 0 Å². The first-order chi connectivity index (χ1) is 19.3. The lowest BCUT2D eigenvalue weighted by molar-refractivity contribution is -0.317. The second kappa shape index (κ2) is 9.69. The van der Waals surface area contributed by atoms with Crippen LogP contribution in [0.15, 0.2) is 0 Å². The number of fused-ring (bicyclic) bond motifs is 7. The summed E-state index contributed by atoms with van der Waals surface area (Å²) in [4.78, 5) is 13.0. The maximum Gasteiger partial charge on any atom is 0.186 e. The lowest BCUT2D eigenvalue weighted by atomic mass is 9.39. The van der Waals surface area contributed by atoms with E-state index in [4.69, 9.17) is 18.9 Å². The molecule has 3 heterocycles. The van der Waals surface area contributed by atoms with Crippen LogP contribution in [0.25, 0.3) is 0 Å². The largest absolute Gasteiger partial charge is 0.388 e. The Bertz CT molecular complexity index is 1040. The number of ketones is 1. The number of aliphatic hydroxyl groups is 3. The zero-order valence-electron chi connectivity index (χ0n) is 25.6. The van der Waals surface area contributed by atoms with Crippen LogP contribution in [0.2, 0.25) is 0 Å². The molecule has 8 nitrogen and oxygen atoms in total. The Morgan fingerprint density at radius 1 is 0.902 bits per heavy atom. The van der Waals surface area contributed by atoms with Crippen molar-refractivity contribution in [2.75, 3.05) is 13.2 Å². The Labute approximate surface area is 244 Å². The molecule has 41 heavy (non-hydrogen) atoms. The zero-order chi connectivity index (χ0) is 29.1. The Morgan fingerprint density at radius 2 is 1.68 bits per heavy atom. The topological polar surface area (TPSA) is 115 Å². The maximum absolute atomic E-state index is 13.0. The van der Waals surface area contributed by atoms with Crippen LogP contribution in [0.3, 0.4) is 0 Å². The molecule has 7 rings (SSSR count). The fourth-order valence-corrected chi connectivity index (χ4v) is 11.7. The van der Waals surface area contributed by atoms with E-state index in [9.17, 15) is 20.1 Å². The first kappa shape index (κ1) is 29.1. The molecule has 8 heteroatoms. The molecule has 16 unspecified atom stereocenters. The maximum atomic E-state index is 13.0. The highest BCUT2D eigenvalue weighted by molar-refractivity contribution is 5.80. The third kappa shape index (κ3) is 4.00.